The highest BCUT2D eigenvalue weighted by Crippen LogP contribution is 2.22. The van der Waals surface area contributed by atoms with Crippen molar-refractivity contribution < 1.29 is 9.53 Å². The van der Waals surface area contributed by atoms with Crippen LogP contribution in [0.1, 0.15) is 30.8 Å². The molecule has 0 unspecified atom stereocenters. The number of carbonyl (C=O) groups excluding carboxylic acids is 1. The van der Waals surface area contributed by atoms with Gasteiger partial charge in [-0.05, 0) is 25.5 Å². The van der Waals surface area contributed by atoms with Crippen LogP contribution in [0.25, 0.3) is 0 Å². The smallest absolute Gasteiger partial charge is 0.275 e. The summed E-state index contributed by atoms with van der Waals surface area (Å²) >= 11 is 7.63. The van der Waals surface area contributed by atoms with Gasteiger partial charge in [0.25, 0.3) is 5.91 Å². The van der Waals surface area contributed by atoms with Crippen LogP contribution in [0.3, 0.4) is 0 Å². The number of nitrogens with one attached hydrogen (secondary N) is 1. The number of thioether (sulfide) groups is 1. The van der Waals surface area contributed by atoms with Gasteiger partial charge in [0, 0.05) is 29.4 Å². The van der Waals surface area contributed by atoms with E-state index in [4.69, 9.17) is 22.1 Å². The second-order valence-corrected chi connectivity index (χ2v) is 7.74. The molecule has 0 aromatic carbocycles. The van der Waals surface area contributed by atoms with E-state index in [1.165, 1.54) is 19.4 Å². The molecule has 3 heterocycles. The van der Waals surface area contributed by atoms with Crippen molar-refractivity contribution in [2.45, 2.75) is 31.6 Å². The van der Waals surface area contributed by atoms with E-state index < -0.39 is 0 Å². The zero-order valence-corrected chi connectivity index (χ0v) is 16.9. The van der Waals surface area contributed by atoms with Crippen molar-refractivity contribution in [3.63, 3.8) is 0 Å². The Kier molecular flexibility index (Phi) is 7.87. The number of hydrogen-bond acceptors (Lipinski definition) is 7. The number of amidine groups is 1. The van der Waals surface area contributed by atoms with Gasteiger partial charge in [-0.2, -0.15) is 0 Å². The Hall–Kier alpha value is -2.32. The molecule has 2 atom stereocenters. The first-order valence-electron chi connectivity index (χ1n) is 8.30. The minimum atomic E-state index is -0.381. The molecule has 144 valence electrons. The van der Waals surface area contributed by atoms with Gasteiger partial charge < -0.3 is 15.8 Å². The number of pyridine rings is 2. The fraction of sp³-hybridized carbons (Fsp3) is 0.333. The second-order valence-electron chi connectivity index (χ2n) is 5.88. The lowest BCUT2D eigenvalue weighted by atomic mass is 10.2. The number of hydrogen-bond donors (Lipinski definition) is 2. The Balaban J connectivity index is 0.000000244. The molecule has 1 amide bonds. The molecular formula is C18H22ClN5O2S. The van der Waals surface area contributed by atoms with Gasteiger partial charge in [0.1, 0.15) is 11.4 Å². The summed E-state index contributed by atoms with van der Waals surface area (Å²) in [7, 11) is 1.50. The largest absolute Gasteiger partial charge is 0.495 e. The van der Waals surface area contributed by atoms with Crippen LogP contribution in [-0.2, 0) is 0 Å². The molecule has 0 aliphatic carbocycles. The molecule has 27 heavy (non-hydrogen) atoms. The fourth-order valence-electron chi connectivity index (χ4n) is 2.36. The Morgan fingerprint density at radius 1 is 1.37 bits per heavy atom. The lowest BCUT2D eigenvalue weighted by molar-refractivity contribution is 0.102. The fourth-order valence-corrected chi connectivity index (χ4v) is 3.63. The third-order valence-electron chi connectivity index (χ3n) is 3.55. The number of carbonyl (C=O) groups is 1. The lowest BCUT2D eigenvalue weighted by Crippen LogP contribution is -2.22. The number of nitrogens with zero attached hydrogens (tertiary/aromatic N) is 3. The molecule has 1 aliphatic heterocycles. The van der Waals surface area contributed by atoms with Gasteiger partial charge >= 0.3 is 0 Å². The maximum atomic E-state index is 11.9. The minimum absolute atomic E-state index is 0.147. The standard InChI is InChI=1S/C12H10ClN3O2.C6H12N2S/c1-18-9-6-10(13)11(15-7-9)12(17)16-8-2-4-14-5-3-8;1-4-3-5(2)9-6(7)8-4/h2-7H,1H3,(H,14,16,17);4-5H,3H2,1-2H3,(H2,7,8)/t;4-,5+/m.0/s1. The molecule has 0 radical (unpaired) electrons. The average molecular weight is 408 g/mol. The zero-order chi connectivity index (χ0) is 19.8. The van der Waals surface area contributed by atoms with Gasteiger partial charge in [-0.15, -0.1) is 0 Å². The topological polar surface area (TPSA) is 102 Å². The Morgan fingerprint density at radius 2 is 2.07 bits per heavy atom. The van der Waals surface area contributed by atoms with Gasteiger partial charge in [0.15, 0.2) is 5.17 Å². The van der Waals surface area contributed by atoms with Crippen LogP contribution >= 0.6 is 23.4 Å². The second kappa shape index (κ2) is 10.1. The summed E-state index contributed by atoms with van der Waals surface area (Å²) in [4.78, 5) is 23.9. The van der Waals surface area contributed by atoms with Gasteiger partial charge in [0.2, 0.25) is 0 Å². The first-order chi connectivity index (χ1) is 12.9. The van der Waals surface area contributed by atoms with Crippen LogP contribution in [0, 0.1) is 0 Å². The summed E-state index contributed by atoms with van der Waals surface area (Å²) in [6.07, 6.45) is 5.76. The number of aliphatic imine (C=N–C) groups is 1. The number of methoxy groups -OCH3 is 1. The minimum Gasteiger partial charge on any atom is -0.495 e. The van der Waals surface area contributed by atoms with E-state index in [0.717, 1.165) is 11.6 Å². The molecule has 2 aromatic rings. The summed E-state index contributed by atoms with van der Waals surface area (Å²) < 4.78 is 4.96. The van der Waals surface area contributed by atoms with Crippen molar-refractivity contribution in [3.05, 3.63) is 47.5 Å². The molecule has 1 aliphatic rings. The molecule has 3 rings (SSSR count). The van der Waals surface area contributed by atoms with Crippen LogP contribution < -0.4 is 15.8 Å². The molecule has 0 spiro atoms. The maximum Gasteiger partial charge on any atom is 0.275 e. The quantitative estimate of drug-likeness (QED) is 0.805. The lowest BCUT2D eigenvalue weighted by Gasteiger charge is -2.19. The highest BCUT2D eigenvalue weighted by Gasteiger charge is 2.15. The molecule has 2 aromatic heterocycles. The van der Waals surface area contributed by atoms with Crippen molar-refractivity contribution in [2.75, 3.05) is 12.4 Å². The van der Waals surface area contributed by atoms with E-state index in [-0.39, 0.29) is 16.6 Å². The number of nitrogens with two attached hydrogens (primary N) is 1. The van der Waals surface area contributed by atoms with Gasteiger partial charge in [-0.1, -0.05) is 30.3 Å². The van der Waals surface area contributed by atoms with Gasteiger partial charge in [-0.25, -0.2) is 4.98 Å². The molecule has 0 saturated heterocycles. The van der Waals surface area contributed by atoms with Crippen LogP contribution in [0.5, 0.6) is 5.75 Å². The van der Waals surface area contributed by atoms with Crippen molar-refractivity contribution >= 4 is 40.1 Å². The van der Waals surface area contributed by atoms with E-state index in [1.54, 1.807) is 36.3 Å². The Labute approximate surface area is 167 Å². The number of anilines is 1. The molecular weight excluding hydrogens is 386 g/mol. The summed E-state index contributed by atoms with van der Waals surface area (Å²) in [5.74, 6) is 0.120. The summed E-state index contributed by atoms with van der Waals surface area (Å²) in [6.45, 7) is 4.28. The molecule has 0 fully saturated rings. The Bertz CT molecular complexity index is 804. The van der Waals surface area contributed by atoms with Crippen LogP contribution in [0.2, 0.25) is 5.02 Å². The average Bonchev–Trinajstić information content (AvgIpc) is 2.61. The van der Waals surface area contributed by atoms with E-state index in [1.807, 2.05) is 0 Å². The highest BCUT2D eigenvalue weighted by atomic mass is 35.5. The van der Waals surface area contributed by atoms with Crippen molar-refractivity contribution in [3.8, 4) is 5.75 Å². The maximum absolute atomic E-state index is 11.9. The van der Waals surface area contributed by atoms with E-state index in [9.17, 15) is 4.79 Å². The number of amides is 1. The third-order valence-corrected chi connectivity index (χ3v) is 4.78. The SMILES string of the molecule is COc1cnc(C(=O)Nc2ccncc2)c(Cl)c1.C[C@@H]1C[C@H](C)N=C(N)S1. The molecule has 3 N–H and O–H groups in total. The predicted molar refractivity (Wildman–Crippen MR) is 111 cm³/mol. The zero-order valence-electron chi connectivity index (χ0n) is 15.3. The van der Waals surface area contributed by atoms with Crippen LogP contribution in [0.4, 0.5) is 5.69 Å². The normalized spacial score (nSPS) is 18.6. The van der Waals surface area contributed by atoms with Crippen LogP contribution in [-0.4, -0.2) is 39.4 Å². The monoisotopic (exact) mass is 407 g/mol. The summed E-state index contributed by atoms with van der Waals surface area (Å²) in [6, 6.07) is 5.32. The summed E-state index contributed by atoms with van der Waals surface area (Å²) in [5, 5.41) is 4.31. The number of halogens is 1. The first kappa shape index (κ1) is 21.0. The van der Waals surface area contributed by atoms with E-state index in [0.29, 0.717) is 22.7 Å². The summed E-state index contributed by atoms with van der Waals surface area (Å²) in [5.41, 5.74) is 6.30. The highest BCUT2D eigenvalue weighted by molar-refractivity contribution is 8.14. The molecule has 7 nitrogen and oxygen atoms in total. The number of rotatable bonds is 3. The van der Waals surface area contributed by atoms with E-state index in [2.05, 4.69) is 34.1 Å². The van der Waals surface area contributed by atoms with Gasteiger partial charge in [-0.3, -0.25) is 14.8 Å². The molecule has 0 saturated carbocycles. The van der Waals surface area contributed by atoms with Crippen LogP contribution in [0.15, 0.2) is 41.8 Å². The van der Waals surface area contributed by atoms with E-state index >= 15 is 0 Å². The molecule has 0 bridgehead atoms. The third kappa shape index (κ3) is 6.73. The first-order valence-corrected chi connectivity index (χ1v) is 9.55. The Morgan fingerprint density at radius 3 is 2.63 bits per heavy atom. The van der Waals surface area contributed by atoms with Gasteiger partial charge in [0.05, 0.1) is 24.4 Å². The van der Waals surface area contributed by atoms with Crippen molar-refractivity contribution in [1.82, 2.24) is 9.97 Å². The molecule has 9 heteroatoms. The van der Waals surface area contributed by atoms with Crippen molar-refractivity contribution in [2.24, 2.45) is 10.7 Å². The number of ether oxygens (including phenoxy) is 1. The predicted octanol–water partition coefficient (Wildman–Crippen LogP) is 3.61. The number of aromatic nitrogens is 2. The van der Waals surface area contributed by atoms with Crippen molar-refractivity contribution in [1.29, 1.82) is 0 Å².